The summed E-state index contributed by atoms with van der Waals surface area (Å²) in [5.41, 5.74) is 1.62. The molecular weight excluding hydrogens is 336 g/mol. The first-order valence-corrected chi connectivity index (χ1v) is 8.78. The SMILES string of the molecule is COc1ccc(N/C=C(\C#N)c2nc(C)cs2)cc1S(N)(=O)=O. The number of aryl methyl sites for hydroxylation is 1. The Balaban J connectivity index is 2.33. The Morgan fingerprint density at radius 1 is 1.52 bits per heavy atom. The molecule has 0 bridgehead atoms. The maximum atomic E-state index is 11.6. The number of nitrogens with one attached hydrogen (secondary N) is 1. The highest BCUT2D eigenvalue weighted by Crippen LogP contribution is 2.26. The van der Waals surface area contributed by atoms with Crippen molar-refractivity contribution in [1.29, 1.82) is 5.26 Å². The molecule has 0 amide bonds. The predicted molar refractivity (Wildman–Crippen MR) is 88.4 cm³/mol. The number of primary sulfonamides is 1. The fourth-order valence-electron chi connectivity index (χ4n) is 1.76. The van der Waals surface area contributed by atoms with E-state index < -0.39 is 10.0 Å². The van der Waals surface area contributed by atoms with Gasteiger partial charge in [-0.2, -0.15) is 5.26 Å². The number of nitrogens with two attached hydrogens (primary N) is 1. The molecule has 9 heteroatoms. The van der Waals surface area contributed by atoms with Gasteiger partial charge in [-0.15, -0.1) is 11.3 Å². The number of nitrogens with zero attached hydrogens (tertiary/aromatic N) is 2. The molecule has 23 heavy (non-hydrogen) atoms. The number of hydrogen-bond donors (Lipinski definition) is 2. The van der Waals surface area contributed by atoms with Crippen LogP contribution in [-0.2, 0) is 10.0 Å². The molecule has 1 aromatic carbocycles. The Morgan fingerprint density at radius 3 is 2.78 bits per heavy atom. The molecule has 0 aliphatic heterocycles. The minimum atomic E-state index is -3.92. The summed E-state index contributed by atoms with van der Waals surface area (Å²) in [4.78, 5) is 4.09. The lowest BCUT2D eigenvalue weighted by Gasteiger charge is -2.09. The second-order valence-corrected chi connectivity index (χ2v) is 6.91. The summed E-state index contributed by atoms with van der Waals surface area (Å²) in [5.74, 6) is 0.151. The average Bonchev–Trinajstić information content (AvgIpc) is 2.93. The molecule has 7 nitrogen and oxygen atoms in total. The van der Waals surface area contributed by atoms with Gasteiger partial charge in [0.25, 0.3) is 0 Å². The number of allylic oxidation sites excluding steroid dienone is 1. The number of anilines is 1. The van der Waals surface area contributed by atoms with E-state index >= 15 is 0 Å². The van der Waals surface area contributed by atoms with Gasteiger partial charge in [-0.05, 0) is 25.1 Å². The zero-order chi connectivity index (χ0) is 17.0. The molecule has 0 saturated carbocycles. The Bertz CT molecular complexity index is 895. The van der Waals surface area contributed by atoms with E-state index in [1.165, 1.54) is 36.8 Å². The molecule has 3 N–H and O–H groups in total. The summed E-state index contributed by atoms with van der Waals surface area (Å²) in [6.07, 6.45) is 1.47. The highest BCUT2D eigenvalue weighted by Gasteiger charge is 2.15. The number of hydrogen-bond acceptors (Lipinski definition) is 7. The molecule has 0 spiro atoms. The topological polar surface area (TPSA) is 118 Å². The van der Waals surface area contributed by atoms with Gasteiger partial charge in [0, 0.05) is 23.0 Å². The second-order valence-electron chi connectivity index (χ2n) is 4.52. The molecule has 2 rings (SSSR count). The number of rotatable bonds is 5. The normalized spacial score (nSPS) is 11.8. The van der Waals surface area contributed by atoms with E-state index in [9.17, 15) is 13.7 Å². The van der Waals surface area contributed by atoms with Crippen LogP contribution in [0, 0.1) is 18.3 Å². The van der Waals surface area contributed by atoms with E-state index in [4.69, 9.17) is 9.88 Å². The lowest BCUT2D eigenvalue weighted by atomic mass is 10.3. The molecule has 2 aromatic rings. The third-order valence-electron chi connectivity index (χ3n) is 2.82. The maximum absolute atomic E-state index is 11.6. The molecule has 0 radical (unpaired) electrons. The summed E-state index contributed by atoms with van der Waals surface area (Å²) in [7, 11) is -2.57. The number of nitriles is 1. The van der Waals surface area contributed by atoms with E-state index in [0.29, 0.717) is 16.3 Å². The average molecular weight is 350 g/mol. The Kier molecular flexibility index (Phi) is 5.00. The largest absolute Gasteiger partial charge is 0.495 e. The van der Waals surface area contributed by atoms with Crippen LogP contribution in [-0.4, -0.2) is 20.5 Å². The van der Waals surface area contributed by atoms with E-state index in [-0.39, 0.29) is 10.6 Å². The summed E-state index contributed by atoms with van der Waals surface area (Å²) in [5, 5.41) is 19.7. The molecular formula is C14H14N4O3S2. The van der Waals surface area contributed by atoms with Crippen molar-refractivity contribution in [2.24, 2.45) is 5.14 Å². The van der Waals surface area contributed by atoms with Crippen LogP contribution in [0.5, 0.6) is 5.75 Å². The number of sulfonamides is 1. The van der Waals surface area contributed by atoms with Crippen molar-refractivity contribution in [3.63, 3.8) is 0 Å². The summed E-state index contributed by atoms with van der Waals surface area (Å²) >= 11 is 1.35. The van der Waals surface area contributed by atoms with E-state index in [0.717, 1.165) is 5.69 Å². The smallest absolute Gasteiger partial charge is 0.241 e. The van der Waals surface area contributed by atoms with Crippen molar-refractivity contribution in [1.82, 2.24) is 4.98 Å². The second kappa shape index (κ2) is 6.78. The van der Waals surface area contributed by atoms with Gasteiger partial charge in [-0.25, -0.2) is 18.5 Å². The standard InChI is InChI=1S/C14H14N4O3S2/c1-9-8-22-14(18-9)10(6-15)7-17-11-3-4-12(21-2)13(5-11)23(16,19)20/h3-5,7-8,17H,1-2H3,(H2,16,19,20)/b10-7+. The quantitative estimate of drug-likeness (QED) is 0.797. The fraction of sp³-hybridized carbons (Fsp3) is 0.143. The Hall–Kier alpha value is -2.41. The van der Waals surface area contributed by atoms with Crippen LogP contribution in [0.1, 0.15) is 10.7 Å². The molecule has 1 heterocycles. The van der Waals surface area contributed by atoms with E-state index in [2.05, 4.69) is 10.3 Å². The lowest BCUT2D eigenvalue weighted by Crippen LogP contribution is -2.13. The molecule has 0 fully saturated rings. The van der Waals surface area contributed by atoms with Gasteiger partial charge in [0.15, 0.2) is 0 Å². The van der Waals surface area contributed by atoms with Crippen LogP contribution < -0.4 is 15.2 Å². The van der Waals surface area contributed by atoms with E-state index in [1.807, 2.05) is 18.4 Å². The van der Waals surface area contributed by atoms with Crippen LogP contribution in [0.25, 0.3) is 5.57 Å². The lowest BCUT2D eigenvalue weighted by molar-refractivity contribution is 0.403. The van der Waals surface area contributed by atoms with Crippen LogP contribution in [0.4, 0.5) is 5.69 Å². The highest BCUT2D eigenvalue weighted by atomic mass is 32.2. The number of ether oxygens (including phenoxy) is 1. The molecule has 0 unspecified atom stereocenters. The van der Waals surface area contributed by atoms with Gasteiger partial charge >= 0.3 is 0 Å². The van der Waals surface area contributed by atoms with Gasteiger partial charge in [-0.1, -0.05) is 0 Å². The van der Waals surface area contributed by atoms with Crippen LogP contribution >= 0.6 is 11.3 Å². The first kappa shape index (κ1) is 17.0. The summed E-state index contributed by atoms with van der Waals surface area (Å²) in [6, 6.07) is 6.49. The van der Waals surface area contributed by atoms with Crippen molar-refractivity contribution < 1.29 is 13.2 Å². The first-order chi connectivity index (χ1) is 10.8. The fourth-order valence-corrected chi connectivity index (χ4v) is 3.25. The highest BCUT2D eigenvalue weighted by molar-refractivity contribution is 7.89. The van der Waals surface area contributed by atoms with Crippen LogP contribution in [0.3, 0.4) is 0 Å². The van der Waals surface area contributed by atoms with Crippen LogP contribution in [0.15, 0.2) is 34.7 Å². The number of thiazole rings is 1. The molecule has 0 atom stereocenters. The molecule has 120 valence electrons. The zero-order valence-corrected chi connectivity index (χ0v) is 14.0. The van der Waals surface area contributed by atoms with Crippen molar-refractivity contribution in [3.05, 3.63) is 40.5 Å². The van der Waals surface area contributed by atoms with Gasteiger partial charge in [-0.3, -0.25) is 0 Å². The number of aromatic nitrogens is 1. The van der Waals surface area contributed by atoms with Crippen molar-refractivity contribution in [2.75, 3.05) is 12.4 Å². The number of methoxy groups -OCH3 is 1. The predicted octanol–water partition coefficient (Wildman–Crippen LogP) is 2.08. The molecule has 0 aliphatic rings. The molecule has 1 aromatic heterocycles. The minimum absolute atomic E-state index is 0.137. The van der Waals surface area contributed by atoms with Crippen molar-refractivity contribution >= 4 is 32.6 Å². The summed E-state index contributed by atoms with van der Waals surface area (Å²) in [6.45, 7) is 1.84. The monoisotopic (exact) mass is 350 g/mol. The van der Waals surface area contributed by atoms with Gasteiger partial charge < -0.3 is 10.1 Å². The van der Waals surface area contributed by atoms with E-state index in [1.54, 1.807) is 6.07 Å². The molecule has 0 saturated heterocycles. The third kappa shape index (κ3) is 4.07. The summed E-state index contributed by atoms with van der Waals surface area (Å²) < 4.78 is 28.1. The van der Waals surface area contributed by atoms with Crippen molar-refractivity contribution in [3.8, 4) is 11.8 Å². The third-order valence-corrected chi connectivity index (χ3v) is 4.75. The maximum Gasteiger partial charge on any atom is 0.241 e. The van der Waals surface area contributed by atoms with Gasteiger partial charge in [0.05, 0.1) is 7.11 Å². The van der Waals surface area contributed by atoms with Crippen LogP contribution in [0.2, 0.25) is 0 Å². The first-order valence-electron chi connectivity index (χ1n) is 6.35. The minimum Gasteiger partial charge on any atom is -0.495 e. The molecule has 0 aliphatic carbocycles. The Labute approximate surface area is 138 Å². The number of benzene rings is 1. The van der Waals surface area contributed by atoms with Gasteiger partial charge in [0.2, 0.25) is 10.0 Å². The zero-order valence-electron chi connectivity index (χ0n) is 12.4. The van der Waals surface area contributed by atoms with Gasteiger partial charge in [0.1, 0.15) is 27.3 Å². The Morgan fingerprint density at radius 2 is 2.26 bits per heavy atom. The van der Waals surface area contributed by atoms with Crippen molar-refractivity contribution in [2.45, 2.75) is 11.8 Å².